The number of para-hydroxylation sites is 1. The van der Waals surface area contributed by atoms with E-state index in [9.17, 15) is 4.79 Å². The maximum absolute atomic E-state index is 12.3. The lowest BCUT2D eigenvalue weighted by Gasteiger charge is -2.21. The largest absolute Gasteiger partial charge is 0.479 e. The van der Waals surface area contributed by atoms with Crippen LogP contribution in [0.25, 0.3) is 0 Å². The van der Waals surface area contributed by atoms with E-state index >= 15 is 0 Å². The summed E-state index contributed by atoms with van der Waals surface area (Å²) in [6.45, 7) is 7.79. The molecule has 0 aliphatic rings. The number of hydrogen-bond donors (Lipinski definition) is 1. The molecule has 2 aromatic carbocycles. The van der Waals surface area contributed by atoms with E-state index in [1.807, 2.05) is 19.1 Å². The van der Waals surface area contributed by atoms with Crippen molar-refractivity contribution in [2.24, 2.45) is 0 Å². The molecule has 4 heteroatoms. The first-order valence-electron chi connectivity index (χ1n) is 7.67. The number of carbonyl (C=O) groups is 1. The zero-order valence-corrected chi connectivity index (χ0v) is 14.6. The Morgan fingerprint density at radius 1 is 1.13 bits per heavy atom. The van der Waals surface area contributed by atoms with Gasteiger partial charge in [0.1, 0.15) is 5.75 Å². The third-order valence-electron chi connectivity index (χ3n) is 3.76. The molecular formula is C19H22ClNO2. The molecule has 0 heterocycles. The maximum atomic E-state index is 12.3. The van der Waals surface area contributed by atoms with Crippen molar-refractivity contribution in [3.63, 3.8) is 0 Å². The number of halogens is 1. The molecule has 0 aliphatic heterocycles. The Morgan fingerprint density at radius 2 is 1.83 bits per heavy atom. The van der Waals surface area contributed by atoms with Crippen LogP contribution in [0.3, 0.4) is 0 Å². The minimum absolute atomic E-state index is 0.0830. The van der Waals surface area contributed by atoms with E-state index in [2.05, 4.69) is 37.4 Å². The summed E-state index contributed by atoms with van der Waals surface area (Å²) in [5.74, 6) is 0.341. The number of rotatable bonds is 5. The summed E-state index contributed by atoms with van der Waals surface area (Å²) in [7, 11) is 0. The average molecular weight is 332 g/mol. The lowest BCUT2D eigenvalue weighted by Crippen LogP contribution is -2.38. The molecule has 2 aromatic rings. The molecule has 2 unspecified atom stereocenters. The molecule has 2 atom stereocenters. The molecule has 2 rings (SSSR count). The van der Waals surface area contributed by atoms with Crippen LogP contribution < -0.4 is 10.1 Å². The summed E-state index contributed by atoms with van der Waals surface area (Å²) in [6, 6.07) is 13.3. The second kappa shape index (κ2) is 7.51. The number of amides is 1. The highest BCUT2D eigenvalue weighted by Gasteiger charge is 2.19. The third kappa shape index (κ3) is 4.49. The predicted molar refractivity (Wildman–Crippen MR) is 94.0 cm³/mol. The summed E-state index contributed by atoms with van der Waals surface area (Å²) in [6.07, 6.45) is -0.622. The van der Waals surface area contributed by atoms with Crippen LogP contribution in [0.5, 0.6) is 5.75 Å². The molecule has 0 spiro atoms. The number of ether oxygens (including phenoxy) is 1. The minimum atomic E-state index is -0.622. The van der Waals surface area contributed by atoms with Crippen molar-refractivity contribution >= 4 is 17.5 Å². The average Bonchev–Trinajstić information content (AvgIpc) is 2.49. The highest BCUT2D eigenvalue weighted by molar-refractivity contribution is 6.32. The highest BCUT2D eigenvalue weighted by Crippen LogP contribution is 2.24. The van der Waals surface area contributed by atoms with Gasteiger partial charge in [-0.2, -0.15) is 0 Å². The van der Waals surface area contributed by atoms with Crippen LogP contribution in [0.15, 0.2) is 42.5 Å². The second-order valence-electron chi connectivity index (χ2n) is 5.78. The van der Waals surface area contributed by atoms with Crippen LogP contribution in [0.1, 0.15) is 36.6 Å². The fraction of sp³-hybridized carbons (Fsp3) is 0.316. The van der Waals surface area contributed by atoms with Crippen molar-refractivity contribution in [1.82, 2.24) is 5.32 Å². The Kier molecular flexibility index (Phi) is 5.67. The number of hydrogen-bond acceptors (Lipinski definition) is 2. The van der Waals surface area contributed by atoms with Gasteiger partial charge in [0, 0.05) is 0 Å². The number of nitrogens with one attached hydrogen (secondary N) is 1. The molecule has 0 aliphatic carbocycles. The number of benzene rings is 2. The first kappa shape index (κ1) is 17.4. The van der Waals surface area contributed by atoms with Gasteiger partial charge >= 0.3 is 0 Å². The van der Waals surface area contributed by atoms with Crippen molar-refractivity contribution in [2.45, 2.75) is 39.8 Å². The molecule has 1 amide bonds. The molecule has 0 bridgehead atoms. The Labute approximate surface area is 142 Å². The zero-order chi connectivity index (χ0) is 17.0. The number of carbonyl (C=O) groups excluding carboxylic acids is 1. The van der Waals surface area contributed by atoms with Crippen LogP contribution >= 0.6 is 11.6 Å². The van der Waals surface area contributed by atoms with E-state index in [4.69, 9.17) is 16.3 Å². The predicted octanol–water partition coefficient (Wildman–Crippen LogP) is 4.60. The van der Waals surface area contributed by atoms with Crippen molar-refractivity contribution in [1.29, 1.82) is 0 Å². The van der Waals surface area contributed by atoms with E-state index in [1.165, 1.54) is 5.56 Å². The van der Waals surface area contributed by atoms with Crippen molar-refractivity contribution in [3.8, 4) is 5.75 Å². The Balaban J connectivity index is 2.01. The monoisotopic (exact) mass is 331 g/mol. The lowest BCUT2D eigenvalue weighted by atomic mass is 10.0. The molecule has 0 saturated carbocycles. The van der Waals surface area contributed by atoms with E-state index in [-0.39, 0.29) is 11.9 Å². The van der Waals surface area contributed by atoms with Gasteiger partial charge in [0.05, 0.1) is 11.1 Å². The first-order chi connectivity index (χ1) is 10.9. The van der Waals surface area contributed by atoms with Gasteiger partial charge in [-0.1, -0.05) is 47.5 Å². The van der Waals surface area contributed by atoms with Crippen LogP contribution in [-0.2, 0) is 4.79 Å². The summed E-state index contributed by atoms with van der Waals surface area (Å²) in [5, 5.41) is 3.48. The van der Waals surface area contributed by atoms with Gasteiger partial charge in [0.25, 0.3) is 5.91 Å². The SMILES string of the molecule is Cc1ccc(C(C)NC(=O)C(C)Oc2ccccc2Cl)c(C)c1. The van der Waals surface area contributed by atoms with Crippen LogP contribution in [0, 0.1) is 13.8 Å². The van der Waals surface area contributed by atoms with Gasteiger partial charge in [-0.3, -0.25) is 4.79 Å². The third-order valence-corrected chi connectivity index (χ3v) is 4.07. The molecule has 0 saturated heterocycles. The van der Waals surface area contributed by atoms with Gasteiger partial charge in [-0.15, -0.1) is 0 Å². The van der Waals surface area contributed by atoms with Gasteiger partial charge in [-0.05, 0) is 51.0 Å². The van der Waals surface area contributed by atoms with Gasteiger partial charge in [0.15, 0.2) is 6.10 Å². The maximum Gasteiger partial charge on any atom is 0.261 e. The van der Waals surface area contributed by atoms with Gasteiger partial charge in [0.2, 0.25) is 0 Å². The van der Waals surface area contributed by atoms with Crippen LogP contribution in [-0.4, -0.2) is 12.0 Å². The Hall–Kier alpha value is -2.00. The quantitative estimate of drug-likeness (QED) is 0.869. The van der Waals surface area contributed by atoms with Crippen molar-refractivity contribution in [2.75, 3.05) is 0 Å². The molecule has 0 fully saturated rings. The van der Waals surface area contributed by atoms with E-state index < -0.39 is 6.10 Å². The summed E-state index contributed by atoms with van der Waals surface area (Å²) < 4.78 is 5.65. The van der Waals surface area contributed by atoms with Crippen molar-refractivity contribution < 1.29 is 9.53 Å². The molecule has 122 valence electrons. The zero-order valence-electron chi connectivity index (χ0n) is 13.9. The summed E-state index contributed by atoms with van der Waals surface area (Å²) in [5.41, 5.74) is 3.48. The molecular weight excluding hydrogens is 310 g/mol. The van der Waals surface area contributed by atoms with Gasteiger partial charge < -0.3 is 10.1 Å². The summed E-state index contributed by atoms with van der Waals surface area (Å²) >= 11 is 6.05. The van der Waals surface area contributed by atoms with Crippen LogP contribution in [0.4, 0.5) is 0 Å². The van der Waals surface area contributed by atoms with E-state index in [0.717, 1.165) is 11.1 Å². The van der Waals surface area contributed by atoms with Crippen molar-refractivity contribution in [3.05, 3.63) is 64.2 Å². The van der Waals surface area contributed by atoms with E-state index in [0.29, 0.717) is 10.8 Å². The summed E-state index contributed by atoms with van der Waals surface area (Å²) in [4.78, 5) is 12.3. The lowest BCUT2D eigenvalue weighted by molar-refractivity contribution is -0.127. The normalized spacial score (nSPS) is 13.3. The van der Waals surface area contributed by atoms with E-state index in [1.54, 1.807) is 19.1 Å². The molecule has 3 nitrogen and oxygen atoms in total. The fourth-order valence-electron chi connectivity index (χ4n) is 2.50. The molecule has 23 heavy (non-hydrogen) atoms. The molecule has 1 N–H and O–H groups in total. The van der Waals surface area contributed by atoms with Crippen LogP contribution in [0.2, 0.25) is 5.02 Å². The topological polar surface area (TPSA) is 38.3 Å². The fourth-order valence-corrected chi connectivity index (χ4v) is 2.68. The second-order valence-corrected chi connectivity index (χ2v) is 6.19. The first-order valence-corrected chi connectivity index (χ1v) is 8.05. The number of aryl methyl sites for hydroxylation is 2. The highest BCUT2D eigenvalue weighted by atomic mass is 35.5. The Morgan fingerprint density at radius 3 is 2.48 bits per heavy atom. The Bertz CT molecular complexity index is 700. The smallest absolute Gasteiger partial charge is 0.261 e. The molecule has 0 radical (unpaired) electrons. The molecule has 0 aromatic heterocycles. The minimum Gasteiger partial charge on any atom is -0.479 e. The van der Waals surface area contributed by atoms with Gasteiger partial charge in [-0.25, -0.2) is 0 Å². The standard InChI is InChI=1S/C19H22ClNO2/c1-12-9-10-16(13(2)11-12)14(3)21-19(22)15(4)23-18-8-6-5-7-17(18)20/h5-11,14-15H,1-4H3,(H,21,22).